The average molecular weight is 510 g/mol. The van der Waals surface area contributed by atoms with Crippen LogP contribution in [0.4, 0.5) is 5.69 Å². The molecule has 0 atom stereocenters. The standard InChI is InChI=1S/C37H23N3/c1-38-27-21-26(23-29(24-27)40-36-19-8-4-15-32(36)33-16-5-9-20-37(33)40)25-11-10-12-28(22-25)39-34-17-6-2-13-30(34)31-14-3-7-18-35(31)39/h2-24H. The third kappa shape index (κ3) is 3.30. The minimum Gasteiger partial charge on any atom is -0.310 e. The van der Waals surface area contributed by atoms with Crippen LogP contribution in [-0.4, -0.2) is 9.13 Å². The molecule has 40 heavy (non-hydrogen) atoms. The third-order valence-corrected chi connectivity index (χ3v) is 7.89. The van der Waals surface area contributed by atoms with Gasteiger partial charge < -0.3 is 9.13 Å². The van der Waals surface area contributed by atoms with Crippen molar-refractivity contribution in [2.75, 3.05) is 0 Å². The first-order valence-electron chi connectivity index (χ1n) is 13.4. The van der Waals surface area contributed by atoms with Crippen molar-refractivity contribution in [3.05, 3.63) is 151 Å². The van der Waals surface area contributed by atoms with Crippen LogP contribution in [-0.2, 0) is 0 Å². The second-order valence-corrected chi connectivity index (χ2v) is 10.1. The Morgan fingerprint density at radius 2 is 0.850 bits per heavy atom. The van der Waals surface area contributed by atoms with Crippen molar-refractivity contribution in [1.29, 1.82) is 0 Å². The van der Waals surface area contributed by atoms with Gasteiger partial charge in [0.05, 0.1) is 28.6 Å². The lowest BCUT2D eigenvalue weighted by Gasteiger charge is -2.13. The minimum absolute atomic E-state index is 0.622. The summed E-state index contributed by atoms with van der Waals surface area (Å²) in [6.45, 7) is 7.90. The van der Waals surface area contributed by atoms with E-state index >= 15 is 0 Å². The monoisotopic (exact) mass is 509 g/mol. The molecule has 0 radical (unpaired) electrons. The first-order valence-corrected chi connectivity index (χ1v) is 13.4. The van der Waals surface area contributed by atoms with Crippen LogP contribution in [0.5, 0.6) is 0 Å². The number of rotatable bonds is 3. The molecule has 0 aliphatic rings. The van der Waals surface area contributed by atoms with E-state index in [4.69, 9.17) is 6.57 Å². The van der Waals surface area contributed by atoms with E-state index in [1.807, 2.05) is 12.1 Å². The van der Waals surface area contributed by atoms with Gasteiger partial charge in [0.15, 0.2) is 5.69 Å². The maximum Gasteiger partial charge on any atom is 0.189 e. The van der Waals surface area contributed by atoms with Gasteiger partial charge in [-0.05, 0) is 65.7 Å². The fraction of sp³-hybridized carbons (Fsp3) is 0. The maximum absolute atomic E-state index is 7.90. The minimum atomic E-state index is 0.622. The van der Waals surface area contributed by atoms with Crippen LogP contribution in [0, 0.1) is 6.57 Å². The number of para-hydroxylation sites is 4. The van der Waals surface area contributed by atoms with Crippen LogP contribution >= 0.6 is 0 Å². The molecule has 0 saturated carbocycles. The van der Waals surface area contributed by atoms with E-state index in [2.05, 4.69) is 141 Å². The second kappa shape index (κ2) is 8.73. The highest BCUT2D eigenvalue weighted by Crippen LogP contribution is 2.37. The van der Waals surface area contributed by atoms with Gasteiger partial charge in [-0.25, -0.2) is 4.85 Å². The zero-order valence-electron chi connectivity index (χ0n) is 21.6. The third-order valence-electron chi connectivity index (χ3n) is 7.89. The highest BCUT2D eigenvalue weighted by molar-refractivity contribution is 6.10. The Balaban J connectivity index is 1.36. The van der Waals surface area contributed by atoms with E-state index in [1.54, 1.807) is 0 Å². The summed E-state index contributed by atoms with van der Waals surface area (Å²) in [7, 11) is 0. The summed E-state index contributed by atoms with van der Waals surface area (Å²) in [6, 6.07) is 48.9. The molecule has 8 aromatic rings. The number of aromatic nitrogens is 2. The van der Waals surface area contributed by atoms with Crippen molar-refractivity contribution in [3.63, 3.8) is 0 Å². The van der Waals surface area contributed by atoms with Crippen molar-refractivity contribution in [1.82, 2.24) is 9.13 Å². The smallest absolute Gasteiger partial charge is 0.189 e. The number of hydrogen-bond acceptors (Lipinski definition) is 0. The Hall–Kier alpha value is -5.59. The number of nitrogens with zero attached hydrogens (tertiary/aromatic N) is 3. The molecular formula is C37H23N3. The van der Waals surface area contributed by atoms with Gasteiger partial charge in [-0.1, -0.05) is 84.9 Å². The van der Waals surface area contributed by atoms with Crippen LogP contribution in [0.1, 0.15) is 0 Å². The van der Waals surface area contributed by atoms with Crippen LogP contribution < -0.4 is 0 Å². The summed E-state index contributed by atoms with van der Waals surface area (Å²) in [6.07, 6.45) is 0. The summed E-state index contributed by atoms with van der Waals surface area (Å²) in [5.41, 5.74) is 9.44. The average Bonchev–Trinajstić information content (AvgIpc) is 3.54. The van der Waals surface area contributed by atoms with Gasteiger partial charge in [-0.2, -0.15) is 0 Å². The second-order valence-electron chi connectivity index (χ2n) is 10.1. The van der Waals surface area contributed by atoms with E-state index in [1.165, 1.54) is 32.6 Å². The number of benzene rings is 6. The molecule has 0 unspecified atom stereocenters. The van der Waals surface area contributed by atoms with Gasteiger partial charge >= 0.3 is 0 Å². The Labute approximate surface area is 231 Å². The Morgan fingerprint density at radius 3 is 1.35 bits per heavy atom. The predicted octanol–water partition coefficient (Wildman–Crippen LogP) is 10.1. The molecule has 2 aromatic heterocycles. The van der Waals surface area contributed by atoms with Crippen molar-refractivity contribution >= 4 is 49.3 Å². The molecule has 6 aromatic carbocycles. The first kappa shape index (κ1) is 22.4. The molecule has 0 fully saturated rings. The normalized spacial score (nSPS) is 11.5. The van der Waals surface area contributed by atoms with Crippen molar-refractivity contribution in [2.45, 2.75) is 0 Å². The summed E-state index contributed by atoms with van der Waals surface area (Å²) in [5.74, 6) is 0. The van der Waals surface area contributed by atoms with Gasteiger partial charge in [-0.3, -0.25) is 0 Å². The summed E-state index contributed by atoms with van der Waals surface area (Å²) >= 11 is 0. The van der Waals surface area contributed by atoms with Crippen LogP contribution in [0.2, 0.25) is 0 Å². The van der Waals surface area contributed by atoms with Crippen LogP contribution in [0.3, 0.4) is 0 Å². The van der Waals surface area contributed by atoms with Crippen molar-refractivity contribution in [3.8, 4) is 22.5 Å². The van der Waals surface area contributed by atoms with E-state index in [0.717, 1.165) is 33.5 Å². The van der Waals surface area contributed by atoms with Gasteiger partial charge in [-0.15, -0.1) is 0 Å². The van der Waals surface area contributed by atoms with Crippen molar-refractivity contribution < 1.29 is 0 Å². The zero-order chi connectivity index (χ0) is 26.6. The number of fused-ring (bicyclic) bond motifs is 6. The molecule has 3 heteroatoms. The molecule has 0 aliphatic heterocycles. The van der Waals surface area contributed by atoms with E-state index in [9.17, 15) is 0 Å². The lowest BCUT2D eigenvalue weighted by molar-refractivity contribution is 1.18. The fourth-order valence-electron chi connectivity index (χ4n) is 6.18. The fourth-order valence-corrected chi connectivity index (χ4v) is 6.18. The van der Waals surface area contributed by atoms with Gasteiger partial charge in [0.25, 0.3) is 0 Å². The molecule has 0 aliphatic carbocycles. The Bertz CT molecular complexity index is 2180. The molecule has 0 saturated heterocycles. The summed E-state index contributed by atoms with van der Waals surface area (Å²) in [5, 5.41) is 4.90. The Morgan fingerprint density at radius 1 is 0.400 bits per heavy atom. The topological polar surface area (TPSA) is 14.2 Å². The predicted molar refractivity (Wildman–Crippen MR) is 167 cm³/mol. The molecule has 186 valence electrons. The largest absolute Gasteiger partial charge is 0.310 e. The molecule has 0 amide bonds. The van der Waals surface area contributed by atoms with Crippen LogP contribution in [0.25, 0.3) is 71.0 Å². The highest BCUT2D eigenvalue weighted by atomic mass is 15.0. The van der Waals surface area contributed by atoms with E-state index in [0.29, 0.717) is 5.69 Å². The first-order chi connectivity index (χ1) is 19.8. The molecule has 0 bridgehead atoms. The van der Waals surface area contributed by atoms with Gasteiger partial charge in [0.1, 0.15) is 0 Å². The molecule has 0 spiro atoms. The van der Waals surface area contributed by atoms with Crippen molar-refractivity contribution in [2.24, 2.45) is 0 Å². The summed E-state index contributed by atoms with van der Waals surface area (Å²) < 4.78 is 4.61. The highest BCUT2D eigenvalue weighted by Gasteiger charge is 2.15. The number of hydrogen-bond donors (Lipinski definition) is 0. The molecule has 8 rings (SSSR count). The Kier molecular flexibility index (Phi) is 4.89. The van der Waals surface area contributed by atoms with E-state index in [-0.39, 0.29) is 0 Å². The molecule has 0 N–H and O–H groups in total. The van der Waals surface area contributed by atoms with Gasteiger partial charge in [0, 0.05) is 32.9 Å². The van der Waals surface area contributed by atoms with Crippen LogP contribution in [0.15, 0.2) is 140 Å². The molecule has 2 heterocycles. The van der Waals surface area contributed by atoms with E-state index < -0.39 is 0 Å². The molecule has 3 nitrogen and oxygen atoms in total. The molecular weight excluding hydrogens is 486 g/mol. The lowest BCUT2D eigenvalue weighted by atomic mass is 10.0. The maximum atomic E-state index is 7.90. The zero-order valence-corrected chi connectivity index (χ0v) is 21.6. The lowest BCUT2D eigenvalue weighted by Crippen LogP contribution is -1.96. The quantitative estimate of drug-likeness (QED) is 0.210. The van der Waals surface area contributed by atoms with Gasteiger partial charge in [0.2, 0.25) is 0 Å². The summed E-state index contributed by atoms with van der Waals surface area (Å²) in [4.78, 5) is 3.87. The SMILES string of the molecule is [C-]#[N+]c1cc(-c2cccc(-n3c4ccccc4c4ccccc43)c2)cc(-n2c3ccccc3c3ccccc32)c1.